The van der Waals surface area contributed by atoms with Gasteiger partial charge < -0.3 is 0 Å². The molecule has 0 aromatic carbocycles. The molecule has 0 saturated carbocycles. The molecular formula is C9H16. The molecular weight excluding hydrogens is 108 g/mol. The van der Waals surface area contributed by atoms with Crippen LogP contribution in [0.15, 0.2) is 23.3 Å². The lowest BCUT2D eigenvalue weighted by Gasteiger charge is -1.93. The Balaban J connectivity index is 3.95. The highest BCUT2D eigenvalue weighted by atomic mass is 13.9. The van der Waals surface area contributed by atoms with E-state index in [2.05, 4.69) is 39.8 Å². The molecule has 0 aliphatic heterocycles. The van der Waals surface area contributed by atoms with Gasteiger partial charge in [-0.25, -0.2) is 0 Å². The Bertz CT molecular complexity index is 127. The zero-order chi connectivity index (χ0) is 7.28. The van der Waals surface area contributed by atoms with E-state index in [1.54, 1.807) is 0 Å². The van der Waals surface area contributed by atoms with E-state index >= 15 is 0 Å². The molecule has 9 heavy (non-hydrogen) atoms. The lowest BCUT2D eigenvalue weighted by molar-refractivity contribution is 1.09. The molecule has 0 radical (unpaired) electrons. The van der Waals surface area contributed by atoms with Gasteiger partial charge in [0, 0.05) is 0 Å². The van der Waals surface area contributed by atoms with Crippen molar-refractivity contribution in [3.05, 3.63) is 23.3 Å². The topological polar surface area (TPSA) is 0 Å². The van der Waals surface area contributed by atoms with Gasteiger partial charge in [0.1, 0.15) is 0 Å². The standard InChI is InChI=1S/C9H16/c1-5-8(3)7-9(4)6-2/h5,7H,6H2,1-4H3/b8-5+,9-7+. The smallest absolute Gasteiger partial charge is 0.0348 e. The minimum Gasteiger partial charge on any atom is -0.0847 e. The normalized spacial score (nSPS) is 14.2. The Morgan fingerprint density at radius 2 is 1.89 bits per heavy atom. The maximum absolute atomic E-state index is 2.22. The fraction of sp³-hybridized carbons (Fsp3) is 0.556. The van der Waals surface area contributed by atoms with E-state index in [0.29, 0.717) is 0 Å². The van der Waals surface area contributed by atoms with Gasteiger partial charge >= 0.3 is 0 Å². The van der Waals surface area contributed by atoms with Gasteiger partial charge in [-0.05, 0) is 27.2 Å². The molecule has 0 spiro atoms. The Labute approximate surface area is 58.3 Å². The van der Waals surface area contributed by atoms with Gasteiger partial charge in [-0.15, -0.1) is 0 Å². The van der Waals surface area contributed by atoms with Crippen LogP contribution in [-0.4, -0.2) is 0 Å². The van der Waals surface area contributed by atoms with Crippen LogP contribution in [0, 0.1) is 0 Å². The van der Waals surface area contributed by atoms with Crippen LogP contribution in [0.3, 0.4) is 0 Å². The summed E-state index contributed by atoms with van der Waals surface area (Å²) in [6, 6.07) is 0. The second kappa shape index (κ2) is 4.37. The van der Waals surface area contributed by atoms with Crippen molar-refractivity contribution >= 4 is 0 Å². The van der Waals surface area contributed by atoms with Crippen LogP contribution in [0.2, 0.25) is 0 Å². The van der Waals surface area contributed by atoms with Gasteiger partial charge in [0.15, 0.2) is 0 Å². The molecule has 0 heteroatoms. The first kappa shape index (κ1) is 8.48. The van der Waals surface area contributed by atoms with Crippen molar-refractivity contribution in [2.24, 2.45) is 0 Å². The van der Waals surface area contributed by atoms with Gasteiger partial charge in [0.25, 0.3) is 0 Å². The summed E-state index contributed by atoms with van der Waals surface area (Å²) in [6.07, 6.45) is 5.50. The molecule has 0 N–H and O–H groups in total. The van der Waals surface area contributed by atoms with E-state index in [1.165, 1.54) is 11.1 Å². The van der Waals surface area contributed by atoms with Crippen LogP contribution in [0.25, 0.3) is 0 Å². The molecule has 0 nitrogen and oxygen atoms in total. The van der Waals surface area contributed by atoms with Crippen molar-refractivity contribution in [3.63, 3.8) is 0 Å². The largest absolute Gasteiger partial charge is 0.0847 e. The van der Waals surface area contributed by atoms with E-state index in [9.17, 15) is 0 Å². The third-order valence-corrected chi connectivity index (χ3v) is 1.49. The van der Waals surface area contributed by atoms with E-state index in [-0.39, 0.29) is 0 Å². The predicted octanol–water partition coefficient (Wildman–Crippen LogP) is 3.31. The van der Waals surface area contributed by atoms with Gasteiger partial charge in [-0.3, -0.25) is 0 Å². The van der Waals surface area contributed by atoms with Crippen molar-refractivity contribution in [2.75, 3.05) is 0 Å². The highest BCUT2D eigenvalue weighted by molar-refractivity contribution is 5.19. The summed E-state index contributed by atoms with van der Waals surface area (Å²) in [6.45, 7) is 8.52. The van der Waals surface area contributed by atoms with E-state index in [1.807, 2.05) is 0 Å². The van der Waals surface area contributed by atoms with Crippen molar-refractivity contribution in [3.8, 4) is 0 Å². The van der Waals surface area contributed by atoms with Crippen LogP contribution in [0.4, 0.5) is 0 Å². The molecule has 0 aliphatic rings. The Morgan fingerprint density at radius 1 is 1.33 bits per heavy atom. The minimum atomic E-state index is 1.16. The average Bonchev–Trinajstić information content (AvgIpc) is 1.87. The van der Waals surface area contributed by atoms with Crippen LogP contribution in [0.1, 0.15) is 34.1 Å². The van der Waals surface area contributed by atoms with Crippen LogP contribution in [0.5, 0.6) is 0 Å². The van der Waals surface area contributed by atoms with Crippen molar-refractivity contribution in [1.29, 1.82) is 0 Å². The first-order chi connectivity index (χ1) is 4.20. The van der Waals surface area contributed by atoms with Crippen molar-refractivity contribution < 1.29 is 0 Å². The van der Waals surface area contributed by atoms with E-state index in [4.69, 9.17) is 0 Å². The molecule has 0 saturated heterocycles. The lowest BCUT2D eigenvalue weighted by Crippen LogP contribution is -1.72. The molecule has 52 valence electrons. The number of hydrogen-bond donors (Lipinski definition) is 0. The summed E-state index contributed by atoms with van der Waals surface area (Å²) < 4.78 is 0. The maximum Gasteiger partial charge on any atom is -0.0348 e. The van der Waals surface area contributed by atoms with Gasteiger partial charge in [0.2, 0.25) is 0 Å². The summed E-state index contributed by atoms with van der Waals surface area (Å²) >= 11 is 0. The minimum absolute atomic E-state index is 1.16. The number of rotatable bonds is 2. The zero-order valence-electron chi connectivity index (χ0n) is 6.86. The van der Waals surface area contributed by atoms with Gasteiger partial charge in [-0.1, -0.05) is 30.2 Å². The maximum atomic E-state index is 2.22. The monoisotopic (exact) mass is 124 g/mol. The molecule has 0 atom stereocenters. The van der Waals surface area contributed by atoms with Crippen molar-refractivity contribution in [1.82, 2.24) is 0 Å². The van der Waals surface area contributed by atoms with Gasteiger partial charge in [0.05, 0.1) is 0 Å². The third-order valence-electron chi connectivity index (χ3n) is 1.49. The fourth-order valence-electron chi connectivity index (χ4n) is 0.574. The summed E-state index contributed by atoms with van der Waals surface area (Å²) in [5, 5.41) is 0. The van der Waals surface area contributed by atoms with Gasteiger partial charge in [-0.2, -0.15) is 0 Å². The summed E-state index contributed by atoms with van der Waals surface area (Å²) in [5.74, 6) is 0. The second-order valence-electron chi connectivity index (χ2n) is 2.38. The fourth-order valence-corrected chi connectivity index (χ4v) is 0.574. The Kier molecular flexibility index (Phi) is 4.12. The molecule has 0 aliphatic carbocycles. The Hall–Kier alpha value is -0.520. The SMILES string of the molecule is C/C=C(C)/C=C(\C)CC. The van der Waals surface area contributed by atoms with E-state index in [0.717, 1.165) is 6.42 Å². The quantitative estimate of drug-likeness (QED) is 0.495. The summed E-state index contributed by atoms with van der Waals surface area (Å²) in [5.41, 5.74) is 2.81. The average molecular weight is 124 g/mol. The first-order valence-corrected chi connectivity index (χ1v) is 3.50. The summed E-state index contributed by atoms with van der Waals surface area (Å²) in [7, 11) is 0. The number of allylic oxidation sites excluding steroid dienone is 4. The van der Waals surface area contributed by atoms with Crippen LogP contribution >= 0.6 is 0 Å². The zero-order valence-corrected chi connectivity index (χ0v) is 6.86. The highest BCUT2D eigenvalue weighted by Gasteiger charge is 1.82. The van der Waals surface area contributed by atoms with Crippen LogP contribution < -0.4 is 0 Å². The molecule has 0 aromatic rings. The molecule has 0 amide bonds. The van der Waals surface area contributed by atoms with Crippen LogP contribution in [-0.2, 0) is 0 Å². The van der Waals surface area contributed by atoms with Crippen molar-refractivity contribution in [2.45, 2.75) is 34.1 Å². The summed E-state index contributed by atoms with van der Waals surface area (Å²) in [4.78, 5) is 0. The molecule has 0 heterocycles. The predicted molar refractivity (Wildman–Crippen MR) is 43.5 cm³/mol. The molecule has 0 aromatic heterocycles. The van der Waals surface area contributed by atoms with E-state index < -0.39 is 0 Å². The lowest BCUT2D eigenvalue weighted by atomic mass is 10.1. The molecule has 0 rings (SSSR count). The molecule has 0 fully saturated rings. The second-order valence-corrected chi connectivity index (χ2v) is 2.38. The highest BCUT2D eigenvalue weighted by Crippen LogP contribution is 2.03. The first-order valence-electron chi connectivity index (χ1n) is 3.50. The molecule has 0 bridgehead atoms. The Morgan fingerprint density at radius 3 is 2.22 bits per heavy atom. The number of hydrogen-bond acceptors (Lipinski definition) is 0. The molecule has 0 unspecified atom stereocenters. The third kappa shape index (κ3) is 4.01.